The highest BCUT2D eigenvalue weighted by Crippen LogP contribution is 2.47. The molecule has 0 unspecified atom stereocenters. The van der Waals surface area contributed by atoms with Crippen LogP contribution >= 0.6 is 0 Å². The summed E-state index contributed by atoms with van der Waals surface area (Å²) < 4.78 is 256. The topological polar surface area (TPSA) is 306 Å². The van der Waals surface area contributed by atoms with Crippen LogP contribution in [0.3, 0.4) is 0 Å². The van der Waals surface area contributed by atoms with Crippen LogP contribution in [0, 0.1) is 37.8 Å². The second kappa shape index (κ2) is 34.4. The van der Waals surface area contributed by atoms with Crippen LogP contribution < -0.4 is 27.7 Å². The maximum Gasteiger partial charge on any atom is 0.485 e. The van der Waals surface area contributed by atoms with Crippen LogP contribution in [0.15, 0.2) is 158 Å². The lowest BCUT2D eigenvalue weighted by Gasteiger charge is -2.27. The summed E-state index contributed by atoms with van der Waals surface area (Å²) in [5.41, 5.74) is 5.26. The number of alkyl halides is 12. The number of rotatable bonds is 6. The molecule has 112 heavy (non-hydrogen) atoms. The smallest absolute Gasteiger partial charge is 0.485 e. The molecule has 4 aliphatic rings. The molecule has 0 bridgehead atoms. The van der Waals surface area contributed by atoms with Crippen LogP contribution in [-0.4, -0.2) is 100 Å². The summed E-state index contributed by atoms with van der Waals surface area (Å²) in [5.74, 6) is 1.76. The SMILES string of the molecule is COc1ccc(/C=C/c2cc[n+]3c(c2)-c2c(c(C)c(C)c4c2-c2c5ccccc5cc[n+]2CC4)CC3)cc1.COc1ccc(/C=C/c2cc[n+]3c(c2)-c2c(c(C)c(C)c4c2-c2c5ccccc5cc[n+]2CC4)CC3)cc1.C[N+](=O)[O-].O=S(=O)([O-])C(F)(F)F.O=S(=O)([O-])C(F)(F)F.O=S(=O)([O-])C(F)(F)F.O=S(=O)([O-])C(F)(F)F. The summed E-state index contributed by atoms with van der Waals surface area (Å²) in [6, 6.07) is 47.9. The Balaban J connectivity index is 0.000000197. The fraction of sp³-hybridized carbons (Fsp3) is 0.253. The van der Waals surface area contributed by atoms with Gasteiger partial charge in [-0.1, -0.05) is 85.0 Å². The molecule has 0 saturated heterocycles. The number of methoxy groups -OCH3 is 2. The van der Waals surface area contributed by atoms with Crippen LogP contribution in [0.2, 0.25) is 0 Å². The van der Waals surface area contributed by atoms with Crippen molar-refractivity contribution in [1.29, 1.82) is 0 Å². The molecule has 0 amide bonds. The molecule has 0 N–H and O–H groups in total. The maximum absolute atomic E-state index is 10.7. The number of aryl methyl sites for hydroxylation is 4. The first kappa shape index (κ1) is 87.3. The summed E-state index contributed by atoms with van der Waals surface area (Å²) >= 11 is 0. The van der Waals surface area contributed by atoms with Gasteiger partial charge in [-0.05, 0) is 142 Å². The standard InChI is InChI=1S/2C35H32N2O.4CHF3O3S.CH3NO2/c2*1-23-24(2)30-17-21-37-19-15-27-6-4-5-7-31(27)35(37)34(30)33-29(23)16-20-36-18-14-26(22-32(33)36)9-8-25-10-12-28(38-3)13-11-25;4*2-1(3,4)8(5,6)7;1-2(3)4/h2*4-15,18-19,22H,16-17,20-21H2,1-3H3;4*(H,5,6,7);1H3/q2*+2;;;;;/p-4/b2*9-8+;;;;;. The van der Waals surface area contributed by atoms with Crippen molar-refractivity contribution in [2.45, 2.75) is 102 Å². The first-order valence-electron chi connectivity index (χ1n) is 33.0. The molecule has 0 fully saturated rings. The Bertz CT molecular complexity index is 5350. The van der Waals surface area contributed by atoms with E-state index in [0.717, 1.165) is 81.5 Å². The largest absolute Gasteiger partial charge is 0.741 e. The Morgan fingerprint density at radius 3 is 0.884 bits per heavy atom. The highest BCUT2D eigenvalue weighted by Gasteiger charge is 2.42. The zero-order valence-electron chi connectivity index (χ0n) is 59.9. The van der Waals surface area contributed by atoms with E-state index in [-0.39, 0.29) is 0 Å². The molecule has 4 aromatic heterocycles. The van der Waals surface area contributed by atoms with Crippen molar-refractivity contribution >= 4 is 86.3 Å². The third kappa shape index (κ3) is 20.5. The van der Waals surface area contributed by atoms with E-state index in [4.69, 9.17) is 71.5 Å². The van der Waals surface area contributed by atoms with E-state index in [1.807, 2.05) is 24.3 Å². The molecule has 14 rings (SSSR count). The van der Waals surface area contributed by atoms with Crippen molar-refractivity contribution in [2.75, 3.05) is 21.3 Å². The van der Waals surface area contributed by atoms with Gasteiger partial charge in [0.1, 0.15) is 11.5 Å². The van der Waals surface area contributed by atoms with Gasteiger partial charge in [0.05, 0.1) is 47.2 Å². The molecule has 4 aliphatic heterocycles. The van der Waals surface area contributed by atoms with Crippen LogP contribution in [0.5, 0.6) is 11.5 Å². The normalized spacial score (nSPS) is 13.5. The van der Waals surface area contributed by atoms with Crippen molar-refractivity contribution < 1.29 is 137 Å². The van der Waals surface area contributed by atoms with Crippen LogP contribution in [0.1, 0.15) is 66.8 Å². The zero-order chi connectivity index (χ0) is 83.2. The molecule has 0 radical (unpaired) electrons. The van der Waals surface area contributed by atoms with Crippen LogP contribution in [-0.2, 0) is 92.3 Å². The van der Waals surface area contributed by atoms with Gasteiger partial charge in [-0.15, -0.1) is 0 Å². The number of pyridine rings is 4. The van der Waals surface area contributed by atoms with E-state index < -0.39 is 67.4 Å². The second-order valence-electron chi connectivity index (χ2n) is 25.1. The highest BCUT2D eigenvalue weighted by molar-refractivity contribution is 7.87. The molecule has 0 atom stereocenters. The highest BCUT2D eigenvalue weighted by atomic mass is 32.2. The van der Waals surface area contributed by atoms with Crippen molar-refractivity contribution in [1.82, 2.24) is 0 Å². The first-order valence-corrected chi connectivity index (χ1v) is 38.6. The average Bonchev–Trinajstić information content (AvgIpc) is 0.720. The lowest BCUT2D eigenvalue weighted by Crippen LogP contribution is -2.43. The third-order valence-electron chi connectivity index (χ3n) is 18.3. The molecular formula is C75H67F12N5O16S4. The monoisotopic (exact) mass is 1650 g/mol. The predicted molar refractivity (Wildman–Crippen MR) is 384 cm³/mol. The van der Waals surface area contributed by atoms with Crippen LogP contribution in [0.25, 0.3) is 90.9 Å². The second-order valence-corrected chi connectivity index (χ2v) is 30.6. The quantitative estimate of drug-likeness (QED) is 0.0373. The number of nitro groups is 1. The molecule has 8 heterocycles. The molecule has 0 saturated carbocycles. The number of halogens is 12. The molecule has 0 spiro atoms. The van der Waals surface area contributed by atoms with Gasteiger partial charge >= 0.3 is 22.0 Å². The lowest BCUT2D eigenvalue weighted by molar-refractivity contribution is -0.689. The fourth-order valence-corrected chi connectivity index (χ4v) is 12.9. The molecule has 10 aromatic rings. The van der Waals surface area contributed by atoms with E-state index in [2.05, 4.69) is 204 Å². The molecule has 596 valence electrons. The number of hydrogen-bond donors (Lipinski definition) is 0. The summed E-state index contributed by atoms with van der Waals surface area (Å²) in [7, 11) is -20.1. The summed E-state index contributed by atoms with van der Waals surface area (Å²) in [5, 5.41) is 14.1. The van der Waals surface area contributed by atoms with Gasteiger partial charge in [0.25, 0.3) is 0 Å². The van der Waals surface area contributed by atoms with E-state index in [1.54, 1.807) is 14.2 Å². The third-order valence-corrected chi connectivity index (χ3v) is 20.6. The average molecular weight is 1650 g/mol. The van der Waals surface area contributed by atoms with E-state index in [1.165, 1.54) is 122 Å². The molecule has 0 aliphatic carbocycles. The fourth-order valence-electron chi connectivity index (χ4n) is 12.9. The van der Waals surface area contributed by atoms with E-state index in [0.29, 0.717) is 0 Å². The van der Waals surface area contributed by atoms with E-state index in [9.17, 15) is 52.7 Å². The van der Waals surface area contributed by atoms with E-state index >= 15 is 0 Å². The Kier molecular flexibility index (Phi) is 26.8. The van der Waals surface area contributed by atoms with Gasteiger partial charge in [-0.3, -0.25) is 10.1 Å². The first-order chi connectivity index (χ1) is 52.0. The zero-order valence-corrected chi connectivity index (χ0v) is 63.2. The molecule has 6 aromatic carbocycles. The maximum atomic E-state index is 10.7. The minimum Gasteiger partial charge on any atom is -0.741 e. The Labute approximate surface area is 634 Å². The lowest BCUT2D eigenvalue weighted by atomic mass is 9.79. The van der Waals surface area contributed by atoms with Crippen LogP contribution in [0.4, 0.5) is 52.7 Å². The number of hydrogen-bond acceptors (Lipinski definition) is 16. The summed E-state index contributed by atoms with van der Waals surface area (Å²) in [6.07, 6.45) is 22.2. The number of nitrogens with zero attached hydrogens (tertiary/aromatic N) is 5. The molecule has 21 nitrogen and oxygen atoms in total. The Morgan fingerprint density at radius 1 is 0.375 bits per heavy atom. The van der Waals surface area contributed by atoms with Gasteiger partial charge in [-0.2, -0.15) is 71.0 Å². The number of ether oxygens (including phenoxy) is 2. The number of benzene rings is 6. The van der Waals surface area contributed by atoms with Crippen molar-refractivity contribution in [3.05, 3.63) is 235 Å². The van der Waals surface area contributed by atoms with Crippen molar-refractivity contribution in [2.24, 2.45) is 0 Å². The minimum atomic E-state index is -6.09. The van der Waals surface area contributed by atoms with Gasteiger partial charge < -0.3 is 27.7 Å². The Morgan fingerprint density at radius 2 is 0.616 bits per heavy atom. The van der Waals surface area contributed by atoms with Gasteiger partial charge in [0.2, 0.25) is 22.8 Å². The predicted octanol–water partition coefficient (Wildman–Crippen LogP) is 13.4. The Hall–Kier alpha value is -10.3. The number of aromatic nitrogens is 4. The van der Waals surface area contributed by atoms with Gasteiger partial charge in [0.15, 0.2) is 98.5 Å². The molecular weight excluding hydrogens is 1580 g/mol. The molecule has 37 heteroatoms. The number of fused-ring (bicyclic) bond motifs is 18. The van der Waals surface area contributed by atoms with Crippen molar-refractivity contribution in [3.8, 4) is 56.5 Å². The van der Waals surface area contributed by atoms with Gasteiger partial charge in [-0.25, -0.2) is 33.7 Å². The summed E-state index contributed by atoms with van der Waals surface area (Å²) in [4.78, 5) is 8.31. The van der Waals surface area contributed by atoms with Gasteiger partial charge in [0, 0.05) is 67.0 Å². The van der Waals surface area contributed by atoms with Crippen molar-refractivity contribution in [3.63, 3.8) is 0 Å². The summed E-state index contributed by atoms with van der Waals surface area (Å²) in [6.45, 7) is 13.4. The minimum absolute atomic E-state index is 0.500.